The second-order valence-electron chi connectivity index (χ2n) is 6.73. The van der Waals surface area contributed by atoms with Gasteiger partial charge in [-0.1, -0.05) is 5.16 Å². The number of amides is 1. The molecule has 4 aromatic rings. The zero-order valence-corrected chi connectivity index (χ0v) is 16.5. The van der Waals surface area contributed by atoms with Crippen molar-refractivity contribution < 1.29 is 18.4 Å². The molecule has 2 aromatic carbocycles. The Morgan fingerprint density at radius 3 is 2.42 bits per heavy atom. The van der Waals surface area contributed by atoms with Gasteiger partial charge in [-0.2, -0.15) is 4.98 Å². The van der Waals surface area contributed by atoms with E-state index in [1.807, 2.05) is 0 Å². The van der Waals surface area contributed by atoms with E-state index in [1.165, 1.54) is 12.1 Å². The molecule has 0 bridgehead atoms. The summed E-state index contributed by atoms with van der Waals surface area (Å²) in [6, 6.07) is 16.5. The third kappa shape index (κ3) is 5.72. The van der Waals surface area contributed by atoms with E-state index in [1.54, 1.807) is 60.9 Å². The maximum absolute atomic E-state index is 13.0. The molecular formula is C23H19FN4O3. The van der Waals surface area contributed by atoms with Crippen LogP contribution in [0, 0.1) is 5.82 Å². The number of ether oxygens (including phenoxy) is 1. The Bertz CT molecular complexity index is 1130. The second-order valence-corrected chi connectivity index (χ2v) is 6.73. The van der Waals surface area contributed by atoms with Crippen molar-refractivity contribution in [2.45, 2.75) is 19.3 Å². The molecule has 0 radical (unpaired) electrons. The summed E-state index contributed by atoms with van der Waals surface area (Å²) in [6.45, 7) is 0. The van der Waals surface area contributed by atoms with E-state index in [0.29, 0.717) is 53.7 Å². The van der Waals surface area contributed by atoms with Gasteiger partial charge in [0.05, 0.1) is 0 Å². The first-order chi connectivity index (χ1) is 15.2. The Morgan fingerprint density at radius 1 is 0.968 bits per heavy atom. The molecule has 2 heterocycles. The molecule has 0 aliphatic rings. The lowest BCUT2D eigenvalue weighted by Gasteiger charge is -2.07. The summed E-state index contributed by atoms with van der Waals surface area (Å²) in [6.07, 6.45) is 4.65. The number of benzene rings is 2. The number of hydrogen-bond donors (Lipinski definition) is 1. The third-order valence-electron chi connectivity index (χ3n) is 4.39. The first kappa shape index (κ1) is 20.2. The average Bonchev–Trinajstić information content (AvgIpc) is 3.25. The Kier molecular flexibility index (Phi) is 6.27. The van der Waals surface area contributed by atoms with Crippen molar-refractivity contribution in [3.63, 3.8) is 0 Å². The standard InChI is InChI=1S/C23H19FN4O3/c24-17-6-4-16(5-7-17)23-27-22(31-28-23)3-1-2-21(29)26-18-8-10-19(11-9-18)30-20-12-14-25-15-13-20/h4-15H,1-3H2,(H,26,29). The van der Waals surface area contributed by atoms with Gasteiger partial charge < -0.3 is 14.6 Å². The van der Waals surface area contributed by atoms with Gasteiger partial charge >= 0.3 is 0 Å². The maximum atomic E-state index is 13.0. The SMILES string of the molecule is O=C(CCCc1nc(-c2ccc(F)cc2)no1)Nc1ccc(Oc2ccncc2)cc1. The quantitative estimate of drug-likeness (QED) is 0.432. The molecule has 7 nitrogen and oxygen atoms in total. The van der Waals surface area contributed by atoms with Crippen LogP contribution in [0.5, 0.6) is 11.5 Å². The van der Waals surface area contributed by atoms with Gasteiger partial charge in [-0.3, -0.25) is 9.78 Å². The fraction of sp³-hybridized carbons (Fsp3) is 0.130. The molecule has 8 heteroatoms. The lowest BCUT2D eigenvalue weighted by molar-refractivity contribution is -0.116. The van der Waals surface area contributed by atoms with Gasteiger partial charge in [0.25, 0.3) is 0 Å². The summed E-state index contributed by atoms with van der Waals surface area (Å²) in [4.78, 5) is 20.4. The molecule has 0 aliphatic carbocycles. The van der Waals surface area contributed by atoms with Crippen molar-refractivity contribution in [2.75, 3.05) is 5.32 Å². The van der Waals surface area contributed by atoms with Crippen LogP contribution in [0.25, 0.3) is 11.4 Å². The Balaban J connectivity index is 1.23. The molecular weight excluding hydrogens is 399 g/mol. The molecule has 0 aliphatic heterocycles. The Morgan fingerprint density at radius 2 is 1.68 bits per heavy atom. The molecule has 0 saturated heterocycles. The highest BCUT2D eigenvalue weighted by Gasteiger charge is 2.10. The van der Waals surface area contributed by atoms with E-state index in [4.69, 9.17) is 9.26 Å². The number of rotatable bonds is 8. The summed E-state index contributed by atoms with van der Waals surface area (Å²) in [7, 11) is 0. The van der Waals surface area contributed by atoms with Crippen LogP contribution in [-0.4, -0.2) is 21.0 Å². The van der Waals surface area contributed by atoms with Crippen LogP contribution in [-0.2, 0) is 11.2 Å². The second kappa shape index (κ2) is 9.62. The maximum Gasteiger partial charge on any atom is 0.226 e. The van der Waals surface area contributed by atoms with E-state index in [2.05, 4.69) is 20.4 Å². The molecule has 0 saturated carbocycles. The van der Waals surface area contributed by atoms with Gasteiger partial charge in [0, 0.05) is 36.5 Å². The number of aryl methyl sites for hydroxylation is 1. The number of nitrogens with one attached hydrogen (secondary N) is 1. The molecule has 31 heavy (non-hydrogen) atoms. The van der Waals surface area contributed by atoms with Crippen LogP contribution in [0.2, 0.25) is 0 Å². The highest BCUT2D eigenvalue weighted by atomic mass is 19.1. The van der Waals surface area contributed by atoms with Crippen molar-refractivity contribution in [1.82, 2.24) is 15.1 Å². The zero-order valence-electron chi connectivity index (χ0n) is 16.5. The Hall–Kier alpha value is -4.07. The lowest BCUT2D eigenvalue weighted by Crippen LogP contribution is -2.11. The van der Waals surface area contributed by atoms with Crippen LogP contribution in [0.4, 0.5) is 10.1 Å². The van der Waals surface area contributed by atoms with Crippen LogP contribution < -0.4 is 10.1 Å². The minimum Gasteiger partial charge on any atom is -0.457 e. The first-order valence-corrected chi connectivity index (χ1v) is 9.72. The normalized spacial score (nSPS) is 10.6. The molecule has 0 unspecified atom stereocenters. The van der Waals surface area contributed by atoms with Crippen LogP contribution in [0.3, 0.4) is 0 Å². The predicted molar refractivity (Wildman–Crippen MR) is 112 cm³/mol. The minimum absolute atomic E-state index is 0.110. The summed E-state index contributed by atoms with van der Waals surface area (Å²) >= 11 is 0. The smallest absolute Gasteiger partial charge is 0.226 e. The van der Waals surface area contributed by atoms with Crippen LogP contribution >= 0.6 is 0 Å². The summed E-state index contributed by atoms with van der Waals surface area (Å²) in [5, 5.41) is 6.74. The zero-order chi connectivity index (χ0) is 21.5. The van der Waals surface area contributed by atoms with Crippen LogP contribution in [0.15, 0.2) is 77.6 Å². The van der Waals surface area contributed by atoms with E-state index in [9.17, 15) is 9.18 Å². The molecule has 1 N–H and O–H groups in total. The van der Waals surface area contributed by atoms with Crippen molar-refractivity contribution >= 4 is 11.6 Å². The van der Waals surface area contributed by atoms with E-state index < -0.39 is 0 Å². The van der Waals surface area contributed by atoms with Crippen LogP contribution in [0.1, 0.15) is 18.7 Å². The summed E-state index contributed by atoms with van der Waals surface area (Å²) < 4.78 is 23.9. The van der Waals surface area contributed by atoms with Crippen molar-refractivity contribution in [3.8, 4) is 22.9 Å². The van der Waals surface area contributed by atoms with Crippen molar-refractivity contribution in [1.29, 1.82) is 0 Å². The molecule has 0 fully saturated rings. The number of pyridine rings is 1. The largest absolute Gasteiger partial charge is 0.457 e. The molecule has 2 aromatic heterocycles. The fourth-order valence-corrected chi connectivity index (χ4v) is 2.84. The minimum atomic E-state index is -0.325. The monoisotopic (exact) mass is 418 g/mol. The van der Waals surface area contributed by atoms with Gasteiger partial charge in [0.2, 0.25) is 17.6 Å². The molecule has 4 rings (SSSR count). The summed E-state index contributed by atoms with van der Waals surface area (Å²) in [5.41, 5.74) is 1.36. The predicted octanol–water partition coefficient (Wildman–Crippen LogP) is 5.02. The highest BCUT2D eigenvalue weighted by molar-refractivity contribution is 5.90. The Labute approximate surface area is 177 Å². The number of anilines is 1. The summed E-state index contributed by atoms with van der Waals surface area (Å²) in [5.74, 6) is 1.75. The number of hydrogen-bond acceptors (Lipinski definition) is 6. The molecule has 1 amide bonds. The van der Waals surface area contributed by atoms with Crippen molar-refractivity contribution in [3.05, 3.63) is 84.8 Å². The highest BCUT2D eigenvalue weighted by Crippen LogP contribution is 2.22. The number of carbonyl (C=O) groups excluding carboxylic acids is 1. The van der Waals surface area contributed by atoms with Gasteiger partial charge in [0.1, 0.15) is 17.3 Å². The average molecular weight is 418 g/mol. The lowest BCUT2D eigenvalue weighted by atomic mass is 10.2. The third-order valence-corrected chi connectivity index (χ3v) is 4.39. The van der Waals surface area contributed by atoms with Gasteiger partial charge in [-0.15, -0.1) is 0 Å². The van der Waals surface area contributed by atoms with Gasteiger partial charge in [0.15, 0.2) is 0 Å². The number of carbonyl (C=O) groups is 1. The van der Waals surface area contributed by atoms with E-state index in [0.717, 1.165) is 0 Å². The molecule has 0 atom stereocenters. The van der Waals surface area contributed by atoms with E-state index in [-0.39, 0.29) is 11.7 Å². The topological polar surface area (TPSA) is 90.1 Å². The van der Waals surface area contributed by atoms with Crippen molar-refractivity contribution in [2.24, 2.45) is 0 Å². The van der Waals surface area contributed by atoms with Gasteiger partial charge in [-0.25, -0.2) is 4.39 Å². The number of nitrogens with zero attached hydrogens (tertiary/aromatic N) is 3. The first-order valence-electron chi connectivity index (χ1n) is 9.72. The van der Waals surface area contributed by atoms with E-state index >= 15 is 0 Å². The molecule has 0 spiro atoms. The molecule has 156 valence electrons. The fourth-order valence-electron chi connectivity index (χ4n) is 2.84. The number of halogens is 1. The van der Waals surface area contributed by atoms with Gasteiger partial charge in [-0.05, 0) is 67.1 Å². The number of aromatic nitrogens is 3.